The molecule has 0 unspecified atom stereocenters. The van der Waals surface area contributed by atoms with Gasteiger partial charge in [-0.1, -0.05) is 40.2 Å². The van der Waals surface area contributed by atoms with Crippen LogP contribution in [-0.4, -0.2) is 34.8 Å². The van der Waals surface area contributed by atoms with Crippen LogP contribution in [0.4, 0.5) is 0 Å². The molecular formula is C18H20BrNO6S. The van der Waals surface area contributed by atoms with Crippen molar-refractivity contribution in [1.82, 2.24) is 0 Å². The fourth-order valence-electron chi connectivity index (χ4n) is 2.59. The lowest BCUT2D eigenvalue weighted by molar-refractivity contribution is -0.0444. The van der Waals surface area contributed by atoms with Crippen molar-refractivity contribution in [2.45, 2.75) is 17.5 Å². The maximum Gasteiger partial charge on any atom is 0.238 e. The first-order valence-electron chi connectivity index (χ1n) is 8.28. The molecule has 2 heterocycles. The summed E-state index contributed by atoms with van der Waals surface area (Å²) in [4.78, 5) is 0.0686. The summed E-state index contributed by atoms with van der Waals surface area (Å²) in [7, 11) is -3.67. The van der Waals surface area contributed by atoms with Crippen LogP contribution in [0.1, 0.15) is 23.7 Å². The molecule has 146 valence electrons. The Morgan fingerprint density at radius 3 is 1.78 bits per heavy atom. The van der Waals surface area contributed by atoms with Gasteiger partial charge < -0.3 is 18.9 Å². The molecule has 2 aliphatic rings. The van der Waals surface area contributed by atoms with Gasteiger partial charge >= 0.3 is 0 Å². The lowest BCUT2D eigenvalue weighted by Crippen LogP contribution is -2.12. The Balaban J connectivity index is 0.000000159. The van der Waals surface area contributed by atoms with E-state index >= 15 is 0 Å². The highest BCUT2D eigenvalue weighted by Crippen LogP contribution is 2.25. The van der Waals surface area contributed by atoms with Gasteiger partial charge in [-0.25, -0.2) is 13.6 Å². The average molecular weight is 458 g/mol. The van der Waals surface area contributed by atoms with Gasteiger partial charge in [0.2, 0.25) is 10.0 Å². The molecule has 2 aromatic carbocycles. The number of benzene rings is 2. The number of halogens is 1. The molecule has 0 radical (unpaired) electrons. The summed E-state index contributed by atoms with van der Waals surface area (Å²) in [5.74, 6) is 0. The van der Waals surface area contributed by atoms with Crippen molar-refractivity contribution in [3.05, 3.63) is 64.1 Å². The summed E-state index contributed by atoms with van der Waals surface area (Å²) >= 11 is 3.40. The monoisotopic (exact) mass is 457 g/mol. The molecule has 4 rings (SSSR count). The van der Waals surface area contributed by atoms with Crippen molar-refractivity contribution in [2.24, 2.45) is 5.14 Å². The quantitative estimate of drug-likeness (QED) is 0.760. The van der Waals surface area contributed by atoms with Gasteiger partial charge in [0.15, 0.2) is 12.6 Å². The van der Waals surface area contributed by atoms with Gasteiger partial charge in [0.25, 0.3) is 0 Å². The van der Waals surface area contributed by atoms with Crippen molar-refractivity contribution in [1.29, 1.82) is 0 Å². The van der Waals surface area contributed by atoms with Gasteiger partial charge in [0.05, 0.1) is 31.3 Å². The highest BCUT2D eigenvalue weighted by atomic mass is 79.9. The fourth-order valence-corrected chi connectivity index (χ4v) is 3.58. The number of nitrogens with two attached hydrogens (primary N) is 1. The molecule has 2 aliphatic heterocycles. The second kappa shape index (κ2) is 9.24. The van der Waals surface area contributed by atoms with Crippen LogP contribution in [-0.2, 0) is 29.0 Å². The first kappa shape index (κ1) is 20.4. The van der Waals surface area contributed by atoms with Crippen LogP contribution in [0.3, 0.4) is 0 Å². The normalized spacial score (nSPS) is 18.3. The smallest absolute Gasteiger partial charge is 0.238 e. The summed E-state index contributed by atoms with van der Waals surface area (Å²) in [5, 5.41) is 5.01. The number of hydrogen-bond donors (Lipinski definition) is 1. The number of hydrogen-bond acceptors (Lipinski definition) is 6. The molecule has 0 bridgehead atoms. The Hall–Kier alpha value is -1.33. The van der Waals surface area contributed by atoms with Crippen LogP contribution in [0.25, 0.3) is 0 Å². The first-order chi connectivity index (χ1) is 12.9. The second-order valence-corrected chi connectivity index (χ2v) is 8.30. The minimum atomic E-state index is -3.67. The maximum absolute atomic E-state index is 11.1. The number of primary sulfonamides is 1. The van der Waals surface area contributed by atoms with Gasteiger partial charge in [-0.3, -0.25) is 0 Å². The van der Waals surface area contributed by atoms with Crippen LogP contribution < -0.4 is 5.14 Å². The van der Waals surface area contributed by atoms with E-state index in [-0.39, 0.29) is 11.2 Å². The van der Waals surface area contributed by atoms with Crippen molar-refractivity contribution in [3.8, 4) is 0 Å². The van der Waals surface area contributed by atoms with E-state index in [0.717, 1.165) is 10.0 Å². The Morgan fingerprint density at radius 2 is 1.30 bits per heavy atom. The molecule has 0 aromatic heterocycles. The predicted octanol–water partition coefficient (Wildman–Crippen LogP) is 2.87. The predicted molar refractivity (Wildman–Crippen MR) is 101 cm³/mol. The van der Waals surface area contributed by atoms with Crippen LogP contribution in [0.15, 0.2) is 57.9 Å². The van der Waals surface area contributed by atoms with E-state index < -0.39 is 16.3 Å². The van der Waals surface area contributed by atoms with E-state index in [0.29, 0.717) is 32.0 Å². The number of ether oxygens (including phenoxy) is 4. The van der Waals surface area contributed by atoms with Crippen LogP contribution >= 0.6 is 15.9 Å². The largest absolute Gasteiger partial charge is 0.346 e. The Morgan fingerprint density at radius 1 is 0.815 bits per heavy atom. The van der Waals surface area contributed by atoms with Crippen molar-refractivity contribution < 1.29 is 27.4 Å². The molecular weight excluding hydrogens is 438 g/mol. The molecule has 0 amide bonds. The van der Waals surface area contributed by atoms with E-state index in [4.69, 9.17) is 24.1 Å². The van der Waals surface area contributed by atoms with E-state index in [2.05, 4.69) is 15.9 Å². The minimum Gasteiger partial charge on any atom is -0.346 e. The Kier molecular flexibility index (Phi) is 6.99. The van der Waals surface area contributed by atoms with E-state index in [1.807, 2.05) is 24.3 Å². The average Bonchev–Trinajstić information content (AvgIpc) is 3.36. The molecule has 2 saturated heterocycles. The third-order valence-electron chi connectivity index (χ3n) is 3.82. The zero-order valence-corrected chi connectivity index (χ0v) is 16.8. The molecule has 7 nitrogen and oxygen atoms in total. The number of sulfonamides is 1. The summed E-state index contributed by atoms with van der Waals surface area (Å²) in [6.45, 7) is 2.42. The SMILES string of the molecule is Brc1cccc(C2OCCO2)c1.NS(=O)(=O)c1cccc(C2OCCO2)c1. The van der Waals surface area contributed by atoms with E-state index in [1.165, 1.54) is 12.1 Å². The summed E-state index contributed by atoms with van der Waals surface area (Å²) in [6.07, 6.45) is -0.644. The van der Waals surface area contributed by atoms with Crippen molar-refractivity contribution >= 4 is 26.0 Å². The second-order valence-electron chi connectivity index (χ2n) is 5.82. The summed E-state index contributed by atoms with van der Waals surface area (Å²) < 4.78 is 44.4. The molecule has 0 saturated carbocycles. The summed E-state index contributed by atoms with van der Waals surface area (Å²) in [5.41, 5.74) is 1.74. The third-order valence-corrected chi connectivity index (χ3v) is 5.23. The lowest BCUT2D eigenvalue weighted by Gasteiger charge is -2.09. The molecule has 0 atom stereocenters. The summed E-state index contributed by atoms with van der Waals surface area (Å²) in [6, 6.07) is 14.2. The molecule has 27 heavy (non-hydrogen) atoms. The first-order valence-corrected chi connectivity index (χ1v) is 10.6. The van der Waals surface area contributed by atoms with E-state index in [1.54, 1.807) is 12.1 Å². The third kappa shape index (κ3) is 5.82. The lowest BCUT2D eigenvalue weighted by atomic mass is 10.2. The fraction of sp³-hybridized carbons (Fsp3) is 0.333. The zero-order valence-electron chi connectivity index (χ0n) is 14.4. The Bertz CT molecular complexity index is 864. The standard InChI is InChI=1S/C9H9BrO2.C9H11NO4S/c10-8-3-1-2-7(6-8)9-11-4-5-12-9;10-15(11,12)8-3-1-2-7(6-8)9-13-4-5-14-9/h1-3,6,9H,4-5H2;1-3,6,9H,4-5H2,(H2,10,11,12). The molecule has 2 aromatic rings. The molecule has 0 spiro atoms. The van der Waals surface area contributed by atoms with Gasteiger partial charge in [-0.2, -0.15) is 0 Å². The highest BCUT2D eigenvalue weighted by molar-refractivity contribution is 9.10. The molecule has 2 N–H and O–H groups in total. The number of rotatable bonds is 3. The van der Waals surface area contributed by atoms with Crippen molar-refractivity contribution in [3.63, 3.8) is 0 Å². The van der Waals surface area contributed by atoms with Gasteiger partial charge in [-0.05, 0) is 24.3 Å². The van der Waals surface area contributed by atoms with Crippen LogP contribution in [0.2, 0.25) is 0 Å². The van der Waals surface area contributed by atoms with E-state index in [9.17, 15) is 8.42 Å². The molecule has 0 aliphatic carbocycles. The molecule has 2 fully saturated rings. The molecule has 9 heteroatoms. The maximum atomic E-state index is 11.1. The van der Waals surface area contributed by atoms with Gasteiger partial charge in [-0.15, -0.1) is 0 Å². The Labute approximate surface area is 166 Å². The van der Waals surface area contributed by atoms with Crippen LogP contribution in [0.5, 0.6) is 0 Å². The zero-order chi connectivity index (χ0) is 19.3. The van der Waals surface area contributed by atoms with Crippen molar-refractivity contribution in [2.75, 3.05) is 26.4 Å². The van der Waals surface area contributed by atoms with Gasteiger partial charge in [0.1, 0.15) is 0 Å². The highest BCUT2D eigenvalue weighted by Gasteiger charge is 2.20. The van der Waals surface area contributed by atoms with Gasteiger partial charge in [0, 0.05) is 15.6 Å². The topological polar surface area (TPSA) is 97.1 Å². The minimum absolute atomic E-state index is 0.0686. The van der Waals surface area contributed by atoms with Crippen LogP contribution in [0, 0.1) is 0 Å².